The second-order valence-electron chi connectivity index (χ2n) is 5.99. The predicted molar refractivity (Wildman–Crippen MR) is 100 cm³/mol. The van der Waals surface area contributed by atoms with Crippen molar-refractivity contribution in [2.75, 3.05) is 17.4 Å². The lowest BCUT2D eigenvalue weighted by Crippen LogP contribution is -2.22. The number of nitrogens with one attached hydrogen (secondary N) is 2. The van der Waals surface area contributed by atoms with Crippen molar-refractivity contribution < 1.29 is 19.1 Å². The topological polar surface area (TPSA) is 131 Å². The molecule has 4 rings (SSSR count). The van der Waals surface area contributed by atoms with E-state index in [0.29, 0.717) is 22.9 Å². The lowest BCUT2D eigenvalue weighted by Gasteiger charge is -2.12. The number of nitriles is 1. The molecule has 3 aromatic rings. The Labute approximate surface area is 164 Å². The molecule has 2 heterocycles. The van der Waals surface area contributed by atoms with Crippen molar-refractivity contribution >= 4 is 23.2 Å². The van der Waals surface area contributed by atoms with Crippen molar-refractivity contribution in [1.82, 2.24) is 14.8 Å². The predicted octanol–water partition coefficient (Wildman–Crippen LogP) is 1.77. The van der Waals surface area contributed by atoms with Gasteiger partial charge < -0.3 is 20.1 Å². The van der Waals surface area contributed by atoms with E-state index in [9.17, 15) is 9.59 Å². The van der Waals surface area contributed by atoms with Gasteiger partial charge in [-0.25, -0.2) is 9.67 Å². The number of fused-ring (bicyclic) bond motifs is 1. The standard InChI is InChI=1S/C19H14N6O4/c20-8-17-21-10-25(24-17)9-18(26)23-14-4-2-1-3-13(14)19(27)22-12-5-6-15-16(7-12)29-11-28-15/h1-7,10H,9,11H2,(H,22,27)(H,23,26). The van der Waals surface area contributed by atoms with Gasteiger partial charge in [0.1, 0.15) is 18.9 Å². The van der Waals surface area contributed by atoms with Crippen LogP contribution in [-0.4, -0.2) is 33.4 Å². The molecule has 0 atom stereocenters. The van der Waals surface area contributed by atoms with Crippen LogP contribution in [0.3, 0.4) is 0 Å². The second kappa shape index (κ2) is 7.69. The highest BCUT2D eigenvalue weighted by Crippen LogP contribution is 2.34. The van der Waals surface area contributed by atoms with E-state index in [1.807, 2.05) is 0 Å². The van der Waals surface area contributed by atoms with Gasteiger partial charge in [-0.2, -0.15) is 5.26 Å². The first-order chi connectivity index (χ1) is 14.1. The van der Waals surface area contributed by atoms with Gasteiger partial charge in [-0.3, -0.25) is 9.59 Å². The van der Waals surface area contributed by atoms with Crippen LogP contribution in [0.2, 0.25) is 0 Å². The number of rotatable bonds is 5. The summed E-state index contributed by atoms with van der Waals surface area (Å²) < 4.78 is 11.8. The maximum Gasteiger partial charge on any atom is 0.257 e. The number of benzene rings is 2. The van der Waals surface area contributed by atoms with E-state index in [1.165, 1.54) is 11.0 Å². The number of nitrogens with zero attached hydrogens (tertiary/aromatic N) is 4. The number of hydrogen-bond acceptors (Lipinski definition) is 7. The highest BCUT2D eigenvalue weighted by molar-refractivity contribution is 6.10. The largest absolute Gasteiger partial charge is 0.454 e. The molecule has 0 bridgehead atoms. The van der Waals surface area contributed by atoms with Gasteiger partial charge in [0.05, 0.1) is 11.3 Å². The molecule has 2 amide bonds. The lowest BCUT2D eigenvalue weighted by atomic mass is 10.1. The lowest BCUT2D eigenvalue weighted by molar-refractivity contribution is -0.116. The molecule has 0 saturated carbocycles. The summed E-state index contributed by atoms with van der Waals surface area (Å²) >= 11 is 0. The summed E-state index contributed by atoms with van der Waals surface area (Å²) in [6.45, 7) is -0.00394. The number of carbonyl (C=O) groups excluding carboxylic acids is 2. The average molecular weight is 390 g/mol. The molecule has 2 aromatic carbocycles. The third kappa shape index (κ3) is 3.98. The van der Waals surface area contributed by atoms with Gasteiger partial charge in [0, 0.05) is 11.8 Å². The second-order valence-corrected chi connectivity index (χ2v) is 5.99. The van der Waals surface area contributed by atoms with E-state index >= 15 is 0 Å². The van der Waals surface area contributed by atoms with Crippen molar-refractivity contribution in [3.8, 4) is 17.6 Å². The van der Waals surface area contributed by atoms with E-state index < -0.39 is 11.8 Å². The quantitative estimate of drug-likeness (QED) is 0.679. The van der Waals surface area contributed by atoms with Crippen molar-refractivity contribution in [1.29, 1.82) is 5.26 Å². The van der Waals surface area contributed by atoms with Crippen LogP contribution in [0.25, 0.3) is 0 Å². The van der Waals surface area contributed by atoms with Crippen molar-refractivity contribution in [2.24, 2.45) is 0 Å². The Bertz CT molecular complexity index is 1130. The summed E-state index contributed by atoms with van der Waals surface area (Å²) in [4.78, 5) is 28.8. The van der Waals surface area contributed by atoms with E-state index in [-0.39, 0.29) is 24.7 Å². The van der Waals surface area contributed by atoms with Crippen LogP contribution in [0.1, 0.15) is 16.2 Å². The first-order valence-electron chi connectivity index (χ1n) is 8.52. The minimum absolute atomic E-state index is 0.0266. The number of para-hydroxylation sites is 1. The summed E-state index contributed by atoms with van der Waals surface area (Å²) in [6, 6.07) is 13.5. The van der Waals surface area contributed by atoms with Gasteiger partial charge in [0.25, 0.3) is 11.7 Å². The zero-order chi connectivity index (χ0) is 20.2. The zero-order valence-corrected chi connectivity index (χ0v) is 15.0. The maximum absolute atomic E-state index is 12.7. The Morgan fingerprint density at radius 3 is 2.79 bits per heavy atom. The molecule has 1 aliphatic rings. The molecule has 144 valence electrons. The molecule has 1 aromatic heterocycles. The molecule has 0 radical (unpaired) electrons. The monoisotopic (exact) mass is 390 g/mol. The fraction of sp³-hybridized carbons (Fsp3) is 0.105. The van der Waals surface area contributed by atoms with Gasteiger partial charge in [0.15, 0.2) is 11.5 Å². The van der Waals surface area contributed by atoms with Gasteiger partial charge in [-0.15, -0.1) is 5.10 Å². The third-order valence-electron chi connectivity index (χ3n) is 4.02. The Hall–Kier alpha value is -4.39. The molecule has 10 heteroatoms. The van der Waals surface area contributed by atoms with Crippen molar-refractivity contribution in [3.63, 3.8) is 0 Å². The Morgan fingerprint density at radius 1 is 1.14 bits per heavy atom. The SMILES string of the molecule is N#Cc1ncn(CC(=O)Nc2ccccc2C(=O)Nc2ccc3c(c2)OCO3)n1. The van der Waals surface area contributed by atoms with Gasteiger partial charge in [-0.05, 0) is 24.3 Å². The van der Waals surface area contributed by atoms with Crippen LogP contribution in [0.5, 0.6) is 11.5 Å². The molecule has 1 aliphatic heterocycles. The van der Waals surface area contributed by atoms with Crippen molar-refractivity contribution in [3.05, 3.63) is 60.2 Å². The van der Waals surface area contributed by atoms with E-state index in [1.54, 1.807) is 48.5 Å². The molecule has 0 aliphatic carbocycles. The van der Waals surface area contributed by atoms with Gasteiger partial charge in [0.2, 0.25) is 12.7 Å². The van der Waals surface area contributed by atoms with Crippen LogP contribution < -0.4 is 20.1 Å². The fourth-order valence-corrected chi connectivity index (χ4v) is 2.72. The number of carbonyl (C=O) groups is 2. The van der Waals surface area contributed by atoms with Crippen molar-refractivity contribution in [2.45, 2.75) is 6.54 Å². The van der Waals surface area contributed by atoms with Crippen LogP contribution >= 0.6 is 0 Å². The van der Waals surface area contributed by atoms with Crippen LogP contribution in [0, 0.1) is 11.3 Å². The Balaban J connectivity index is 1.46. The summed E-state index contributed by atoms with van der Waals surface area (Å²) in [6.07, 6.45) is 1.29. The molecule has 0 spiro atoms. The first-order valence-corrected chi connectivity index (χ1v) is 8.52. The summed E-state index contributed by atoms with van der Waals surface area (Å²) in [5.74, 6) is 0.327. The smallest absolute Gasteiger partial charge is 0.257 e. The van der Waals surface area contributed by atoms with Gasteiger partial charge >= 0.3 is 0 Å². The first kappa shape index (κ1) is 18.0. The highest BCUT2D eigenvalue weighted by atomic mass is 16.7. The van der Waals surface area contributed by atoms with Crippen LogP contribution in [0.15, 0.2) is 48.8 Å². The summed E-state index contributed by atoms with van der Waals surface area (Å²) in [7, 11) is 0. The molecule has 0 saturated heterocycles. The van der Waals surface area contributed by atoms with Crippen LogP contribution in [0.4, 0.5) is 11.4 Å². The molecular formula is C19H14N6O4. The Kier molecular flexibility index (Phi) is 4.77. The molecule has 0 unspecified atom stereocenters. The number of ether oxygens (including phenoxy) is 2. The number of hydrogen-bond donors (Lipinski definition) is 2. The number of aromatic nitrogens is 3. The molecule has 2 N–H and O–H groups in total. The van der Waals surface area contributed by atoms with Gasteiger partial charge in [-0.1, -0.05) is 12.1 Å². The summed E-state index contributed by atoms with van der Waals surface area (Å²) in [5, 5.41) is 18.0. The minimum Gasteiger partial charge on any atom is -0.454 e. The maximum atomic E-state index is 12.7. The number of amides is 2. The molecule has 0 fully saturated rings. The summed E-state index contributed by atoms with van der Waals surface area (Å²) in [5.41, 5.74) is 1.17. The molecular weight excluding hydrogens is 376 g/mol. The molecule has 10 nitrogen and oxygen atoms in total. The zero-order valence-electron chi connectivity index (χ0n) is 15.0. The van der Waals surface area contributed by atoms with E-state index in [2.05, 4.69) is 20.7 Å². The Morgan fingerprint density at radius 2 is 1.97 bits per heavy atom. The highest BCUT2D eigenvalue weighted by Gasteiger charge is 2.17. The minimum atomic E-state index is -0.414. The average Bonchev–Trinajstić information content (AvgIpc) is 3.37. The normalized spacial score (nSPS) is 11.6. The molecule has 29 heavy (non-hydrogen) atoms. The van der Waals surface area contributed by atoms with E-state index in [0.717, 1.165) is 0 Å². The third-order valence-corrected chi connectivity index (χ3v) is 4.02. The number of anilines is 2. The fourth-order valence-electron chi connectivity index (χ4n) is 2.72. The van der Waals surface area contributed by atoms with Crippen LogP contribution in [-0.2, 0) is 11.3 Å². The van der Waals surface area contributed by atoms with E-state index in [4.69, 9.17) is 14.7 Å².